The van der Waals surface area contributed by atoms with Gasteiger partial charge in [0.1, 0.15) is 0 Å². The Balaban J connectivity index is 1.45. The topological polar surface area (TPSA) is 81.2 Å². The van der Waals surface area contributed by atoms with Crippen LogP contribution in [0.3, 0.4) is 0 Å². The summed E-state index contributed by atoms with van der Waals surface area (Å²) in [7, 11) is 0. The molecule has 0 spiro atoms. The summed E-state index contributed by atoms with van der Waals surface area (Å²) in [6.07, 6.45) is -0.981. The number of para-hydroxylation sites is 1. The van der Waals surface area contributed by atoms with Gasteiger partial charge in [-0.3, -0.25) is 4.79 Å². The number of hydrogen-bond donors (Lipinski definition) is 1. The number of carbonyl (C=O) groups is 2. The number of aromatic nitrogens is 2. The van der Waals surface area contributed by atoms with Crippen molar-refractivity contribution in [1.29, 1.82) is 0 Å². The number of nitrogens with one attached hydrogen (secondary N) is 1. The van der Waals surface area contributed by atoms with Crippen molar-refractivity contribution in [3.8, 4) is 22.5 Å². The zero-order chi connectivity index (χ0) is 27.5. The van der Waals surface area contributed by atoms with Gasteiger partial charge < -0.3 is 10.1 Å². The van der Waals surface area contributed by atoms with Crippen molar-refractivity contribution in [2.24, 2.45) is 0 Å². The van der Waals surface area contributed by atoms with Crippen molar-refractivity contribution in [2.75, 3.05) is 5.32 Å². The Morgan fingerprint density at radius 3 is 1.87 bits per heavy atom. The van der Waals surface area contributed by atoms with Crippen molar-refractivity contribution >= 4 is 28.6 Å². The Morgan fingerprint density at radius 1 is 0.718 bits per heavy atom. The summed E-state index contributed by atoms with van der Waals surface area (Å²) in [5.74, 6) is -1.01. The van der Waals surface area contributed by atoms with Crippen LogP contribution in [0.15, 0.2) is 91.0 Å². The molecule has 1 aromatic heterocycles. The number of nitrogens with zero attached hydrogens (tertiary/aromatic N) is 2. The van der Waals surface area contributed by atoms with E-state index in [0.29, 0.717) is 22.3 Å². The van der Waals surface area contributed by atoms with E-state index in [1.165, 1.54) is 0 Å². The molecular weight excluding hydrogens is 486 g/mol. The third-order valence-corrected chi connectivity index (χ3v) is 6.61. The molecule has 0 saturated carbocycles. The summed E-state index contributed by atoms with van der Waals surface area (Å²) in [5, 5.41) is 2.81. The molecule has 1 unspecified atom stereocenters. The van der Waals surface area contributed by atoms with Gasteiger partial charge in [-0.25, -0.2) is 14.8 Å². The average molecular weight is 516 g/mol. The molecule has 0 aliphatic rings. The van der Waals surface area contributed by atoms with Crippen LogP contribution in [0.1, 0.15) is 34.0 Å². The first-order chi connectivity index (χ1) is 18.8. The monoisotopic (exact) mass is 515 g/mol. The SMILES string of the molecule is Cc1ccc(-c2nc3ccc(C(=O)OC(C)C(=O)Nc4ccccc4C)cc3nc2-c2ccc(C)cc2)cc1. The molecule has 1 N–H and O–H groups in total. The smallest absolute Gasteiger partial charge is 0.338 e. The molecule has 6 nitrogen and oxygen atoms in total. The lowest BCUT2D eigenvalue weighted by Crippen LogP contribution is -2.30. The Labute approximate surface area is 227 Å². The van der Waals surface area contributed by atoms with Gasteiger partial charge in [0.25, 0.3) is 5.91 Å². The summed E-state index contributed by atoms with van der Waals surface area (Å²) in [4.78, 5) is 35.5. The van der Waals surface area contributed by atoms with E-state index in [2.05, 4.69) is 17.4 Å². The van der Waals surface area contributed by atoms with Gasteiger partial charge in [0.05, 0.1) is 28.0 Å². The molecule has 1 heterocycles. The minimum Gasteiger partial charge on any atom is -0.449 e. The average Bonchev–Trinajstić information content (AvgIpc) is 2.94. The van der Waals surface area contributed by atoms with E-state index in [0.717, 1.165) is 39.2 Å². The van der Waals surface area contributed by atoms with Crippen LogP contribution in [0.25, 0.3) is 33.5 Å². The number of anilines is 1. The lowest BCUT2D eigenvalue weighted by Gasteiger charge is -2.15. The maximum Gasteiger partial charge on any atom is 0.338 e. The van der Waals surface area contributed by atoms with Crippen LogP contribution in [0.2, 0.25) is 0 Å². The minimum absolute atomic E-state index is 0.297. The highest BCUT2D eigenvalue weighted by Gasteiger charge is 2.21. The molecule has 5 rings (SSSR count). The second-order valence-electron chi connectivity index (χ2n) is 9.71. The Bertz CT molecular complexity index is 1680. The molecule has 0 radical (unpaired) electrons. The van der Waals surface area contributed by atoms with Gasteiger partial charge in [0, 0.05) is 16.8 Å². The Kier molecular flexibility index (Phi) is 7.19. The van der Waals surface area contributed by atoms with Gasteiger partial charge in [-0.1, -0.05) is 77.9 Å². The van der Waals surface area contributed by atoms with Crippen molar-refractivity contribution in [2.45, 2.75) is 33.8 Å². The van der Waals surface area contributed by atoms with Gasteiger partial charge in [-0.2, -0.15) is 0 Å². The third-order valence-electron chi connectivity index (χ3n) is 6.61. The molecule has 0 aliphatic heterocycles. The minimum atomic E-state index is -0.981. The molecule has 0 aliphatic carbocycles. The quantitative estimate of drug-likeness (QED) is 0.245. The molecule has 4 aromatic carbocycles. The number of hydrogen-bond acceptors (Lipinski definition) is 5. The fraction of sp³-hybridized carbons (Fsp3) is 0.152. The highest BCUT2D eigenvalue weighted by atomic mass is 16.5. The number of amides is 1. The first-order valence-electron chi connectivity index (χ1n) is 12.8. The van der Waals surface area contributed by atoms with E-state index in [9.17, 15) is 9.59 Å². The summed E-state index contributed by atoms with van der Waals surface area (Å²) < 4.78 is 5.49. The molecular formula is C33H29N3O3. The molecule has 194 valence electrons. The molecule has 0 fully saturated rings. The summed E-state index contributed by atoms with van der Waals surface area (Å²) in [5.41, 5.74) is 8.81. The van der Waals surface area contributed by atoms with Crippen LogP contribution in [-0.2, 0) is 9.53 Å². The summed E-state index contributed by atoms with van der Waals surface area (Å²) >= 11 is 0. The van der Waals surface area contributed by atoms with Gasteiger partial charge in [0.15, 0.2) is 6.10 Å². The first-order valence-corrected chi connectivity index (χ1v) is 12.8. The number of rotatable bonds is 6. The number of fused-ring (bicyclic) bond motifs is 1. The molecule has 39 heavy (non-hydrogen) atoms. The fourth-order valence-corrected chi connectivity index (χ4v) is 4.24. The number of esters is 1. The lowest BCUT2D eigenvalue weighted by molar-refractivity contribution is -0.123. The van der Waals surface area contributed by atoms with Gasteiger partial charge in [-0.15, -0.1) is 0 Å². The van der Waals surface area contributed by atoms with E-state index < -0.39 is 18.0 Å². The molecule has 0 bridgehead atoms. The van der Waals surface area contributed by atoms with Crippen molar-refractivity contribution in [3.63, 3.8) is 0 Å². The zero-order valence-corrected chi connectivity index (χ0v) is 22.4. The van der Waals surface area contributed by atoms with Gasteiger partial charge >= 0.3 is 5.97 Å². The predicted octanol–water partition coefficient (Wildman–Crippen LogP) is 7.07. The number of carbonyl (C=O) groups excluding carboxylic acids is 2. The van der Waals surface area contributed by atoms with Gasteiger partial charge in [0.2, 0.25) is 0 Å². The van der Waals surface area contributed by atoms with Crippen molar-refractivity contribution in [3.05, 3.63) is 113 Å². The lowest BCUT2D eigenvalue weighted by atomic mass is 10.0. The standard InChI is InChI=1S/C33H29N3O3/c1-20-9-13-24(14-10-20)30-31(25-15-11-21(2)12-16-25)35-29-19-26(17-18-28(29)34-30)33(38)39-23(4)32(37)36-27-8-6-5-7-22(27)3/h5-19,23H,1-4H3,(H,36,37). The third kappa shape index (κ3) is 5.70. The molecule has 0 saturated heterocycles. The first kappa shape index (κ1) is 25.8. The maximum absolute atomic E-state index is 13.0. The Hall–Kier alpha value is -4.84. The van der Waals surface area contributed by atoms with Crippen LogP contribution in [-0.4, -0.2) is 27.9 Å². The Morgan fingerprint density at radius 2 is 1.28 bits per heavy atom. The van der Waals surface area contributed by atoms with Crippen LogP contribution in [0.4, 0.5) is 5.69 Å². The fourth-order valence-electron chi connectivity index (χ4n) is 4.24. The molecule has 5 aromatic rings. The van der Waals surface area contributed by atoms with Crippen LogP contribution in [0, 0.1) is 20.8 Å². The van der Waals surface area contributed by atoms with E-state index in [1.807, 2.05) is 75.4 Å². The normalized spacial score (nSPS) is 11.7. The number of aryl methyl sites for hydroxylation is 3. The largest absolute Gasteiger partial charge is 0.449 e. The maximum atomic E-state index is 13.0. The highest BCUT2D eigenvalue weighted by Crippen LogP contribution is 2.31. The predicted molar refractivity (Wildman–Crippen MR) is 155 cm³/mol. The summed E-state index contributed by atoms with van der Waals surface area (Å²) in [6, 6.07) is 28.8. The van der Waals surface area contributed by atoms with Crippen LogP contribution >= 0.6 is 0 Å². The van der Waals surface area contributed by atoms with E-state index in [1.54, 1.807) is 31.2 Å². The summed E-state index contributed by atoms with van der Waals surface area (Å²) in [6.45, 7) is 7.54. The number of benzene rings is 4. The molecule has 6 heteroatoms. The van der Waals surface area contributed by atoms with Crippen LogP contribution < -0.4 is 5.32 Å². The van der Waals surface area contributed by atoms with E-state index in [-0.39, 0.29) is 0 Å². The zero-order valence-electron chi connectivity index (χ0n) is 22.4. The van der Waals surface area contributed by atoms with Gasteiger partial charge in [-0.05, 0) is 57.5 Å². The highest BCUT2D eigenvalue weighted by molar-refractivity contribution is 5.99. The van der Waals surface area contributed by atoms with Crippen LogP contribution in [0.5, 0.6) is 0 Å². The molecule has 1 atom stereocenters. The van der Waals surface area contributed by atoms with Crippen molar-refractivity contribution < 1.29 is 14.3 Å². The number of ether oxygens (including phenoxy) is 1. The van der Waals surface area contributed by atoms with E-state index in [4.69, 9.17) is 14.7 Å². The molecule has 1 amide bonds. The second kappa shape index (κ2) is 10.9. The van der Waals surface area contributed by atoms with E-state index >= 15 is 0 Å². The van der Waals surface area contributed by atoms with Crippen molar-refractivity contribution in [1.82, 2.24) is 9.97 Å². The second-order valence-corrected chi connectivity index (χ2v) is 9.71.